The number of benzene rings is 1. The SMILES string of the molecule is Cc1c(C(=O)NC(CCC(=O)O)Cc2ccccc2)nnn1C. The van der Waals surface area contributed by atoms with E-state index >= 15 is 0 Å². The molecule has 0 aliphatic carbocycles. The van der Waals surface area contributed by atoms with Crippen molar-refractivity contribution in [1.29, 1.82) is 0 Å². The molecule has 1 amide bonds. The highest BCUT2D eigenvalue weighted by molar-refractivity contribution is 5.93. The third-order valence-electron chi connectivity index (χ3n) is 3.69. The van der Waals surface area contributed by atoms with Crippen LogP contribution < -0.4 is 5.32 Å². The van der Waals surface area contributed by atoms with E-state index in [9.17, 15) is 9.59 Å². The molecule has 0 bridgehead atoms. The monoisotopic (exact) mass is 316 g/mol. The quantitative estimate of drug-likeness (QED) is 0.803. The molecule has 23 heavy (non-hydrogen) atoms. The lowest BCUT2D eigenvalue weighted by atomic mass is 10.0. The van der Waals surface area contributed by atoms with Gasteiger partial charge in [0.05, 0.1) is 5.69 Å². The summed E-state index contributed by atoms with van der Waals surface area (Å²) in [6, 6.07) is 9.37. The number of aryl methyl sites for hydroxylation is 1. The highest BCUT2D eigenvalue weighted by Gasteiger charge is 2.20. The molecular formula is C16H20N4O3. The van der Waals surface area contributed by atoms with Crippen molar-refractivity contribution >= 4 is 11.9 Å². The Morgan fingerprint density at radius 3 is 2.57 bits per heavy atom. The minimum atomic E-state index is -0.881. The number of nitrogens with zero attached hydrogens (tertiary/aromatic N) is 3. The minimum Gasteiger partial charge on any atom is -0.481 e. The molecule has 1 aromatic heterocycles. The summed E-state index contributed by atoms with van der Waals surface area (Å²) in [7, 11) is 1.71. The van der Waals surface area contributed by atoms with E-state index in [0.29, 0.717) is 18.5 Å². The van der Waals surface area contributed by atoms with E-state index in [0.717, 1.165) is 5.56 Å². The van der Waals surface area contributed by atoms with E-state index in [2.05, 4.69) is 15.6 Å². The predicted molar refractivity (Wildman–Crippen MR) is 84.0 cm³/mol. The summed E-state index contributed by atoms with van der Waals surface area (Å²) in [6.45, 7) is 1.76. The van der Waals surface area contributed by atoms with Crippen molar-refractivity contribution in [2.24, 2.45) is 7.05 Å². The minimum absolute atomic E-state index is 0.00275. The molecular weight excluding hydrogens is 296 g/mol. The lowest BCUT2D eigenvalue weighted by molar-refractivity contribution is -0.137. The Balaban J connectivity index is 2.08. The number of carbonyl (C=O) groups excluding carboxylic acids is 1. The van der Waals surface area contributed by atoms with Gasteiger partial charge in [-0.25, -0.2) is 0 Å². The van der Waals surface area contributed by atoms with Crippen LogP contribution in [0.1, 0.15) is 34.6 Å². The van der Waals surface area contributed by atoms with E-state index in [1.165, 1.54) is 4.68 Å². The Labute approximate surface area is 134 Å². The van der Waals surface area contributed by atoms with Gasteiger partial charge >= 0.3 is 5.97 Å². The first-order chi connectivity index (χ1) is 11.0. The zero-order valence-electron chi connectivity index (χ0n) is 13.2. The number of nitrogens with one attached hydrogen (secondary N) is 1. The molecule has 1 unspecified atom stereocenters. The van der Waals surface area contributed by atoms with Crippen molar-refractivity contribution in [2.45, 2.75) is 32.2 Å². The molecule has 0 saturated heterocycles. The van der Waals surface area contributed by atoms with Gasteiger partial charge in [0, 0.05) is 19.5 Å². The van der Waals surface area contributed by atoms with Crippen LogP contribution >= 0.6 is 0 Å². The average Bonchev–Trinajstić information content (AvgIpc) is 2.85. The lowest BCUT2D eigenvalue weighted by Crippen LogP contribution is -2.37. The summed E-state index contributed by atoms with van der Waals surface area (Å²) < 4.78 is 1.53. The first kappa shape index (κ1) is 16.7. The van der Waals surface area contributed by atoms with Crippen molar-refractivity contribution in [1.82, 2.24) is 20.3 Å². The summed E-state index contributed by atoms with van der Waals surface area (Å²) in [4.78, 5) is 23.2. The Morgan fingerprint density at radius 1 is 1.30 bits per heavy atom. The van der Waals surface area contributed by atoms with E-state index in [1.807, 2.05) is 30.3 Å². The van der Waals surface area contributed by atoms with Crippen LogP contribution in [0.2, 0.25) is 0 Å². The summed E-state index contributed by atoms with van der Waals surface area (Å²) in [5.74, 6) is -1.21. The Hall–Kier alpha value is -2.70. The first-order valence-corrected chi connectivity index (χ1v) is 7.40. The molecule has 0 aliphatic rings. The van der Waals surface area contributed by atoms with Gasteiger partial charge in [-0.05, 0) is 25.3 Å². The Morgan fingerprint density at radius 2 is 2.00 bits per heavy atom. The fraction of sp³-hybridized carbons (Fsp3) is 0.375. The van der Waals surface area contributed by atoms with Crippen molar-refractivity contribution in [3.8, 4) is 0 Å². The van der Waals surface area contributed by atoms with Crippen LogP contribution in [0.25, 0.3) is 0 Å². The van der Waals surface area contributed by atoms with Crippen LogP contribution in [-0.2, 0) is 18.3 Å². The predicted octanol–water partition coefficient (Wildman–Crippen LogP) is 1.33. The zero-order valence-corrected chi connectivity index (χ0v) is 13.2. The molecule has 7 heteroatoms. The summed E-state index contributed by atoms with van der Waals surface area (Å²) in [5.41, 5.74) is 1.97. The molecule has 1 heterocycles. The van der Waals surface area contributed by atoms with Crippen LogP contribution in [0.3, 0.4) is 0 Å². The van der Waals surface area contributed by atoms with Crippen LogP contribution in [0.15, 0.2) is 30.3 Å². The smallest absolute Gasteiger partial charge is 0.303 e. The zero-order chi connectivity index (χ0) is 16.8. The summed E-state index contributed by atoms with van der Waals surface area (Å²) in [5, 5.41) is 19.4. The van der Waals surface area contributed by atoms with Gasteiger partial charge in [-0.15, -0.1) is 5.10 Å². The number of hydrogen-bond acceptors (Lipinski definition) is 4. The van der Waals surface area contributed by atoms with Gasteiger partial charge in [-0.2, -0.15) is 0 Å². The standard InChI is InChI=1S/C16H20N4O3/c1-11-15(18-19-20(11)2)16(23)17-13(8-9-14(21)22)10-12-6-4-3-5-7-12/h3-7,13H,8-10H2,1-2H3,(H,17,23)(H,21,22). The molecule has 0 radical (unpaired) electrons. The average molecular weight is 316 g/mol. The molecule has 7 nitrogen and oxygen atoms in total. The molecule has 0 spiro atoms. The maximum Gasteiger partial charge on any atom is 0.303 e. The number of aliphatic carboxylic acids is 1. The molecule has 2 aromatic rings. The van der Waals surface area contributed by atoms with Gasteiger partial charge in [0.25, 0.3) is 5.91 Å². The van der Waals surface area contributed by atoms with E-state index in [4.69, 9.17) is 5.11 Å². The van der Waals surface area contributed by atoms with Gasteiger partial charge < -0.3 is 10.4 Å². The molecule has 0 fully saturated rings. The number of aromatic nitrogens is 3. The molecule has 1 atom stereocenters. The third kappa shape index (κ3) is 4.64. The van der Waals surface area contributed by atoms with Crippen LogP contribution in [0.5, 0.6) is 0 Å². The number of rotatable bonds is 7. The number of carboxylic acid groups (broad SMARTS) is 1. The van der Waals surface area contributed by atoms with Gasteiger partial charge in [0.2, 0.25) is 0 Å². The number of amides is 1. The van der Waals surface area contributed by atoms with Gasteiger partial charge in [-0.1, -0.05) is 35.5 Å². The third-order valence-corrected chi connectivity index (χ3v) is 3.69. The van der Waals surface area contributed by atoms with Gasteiger partial charge in [-0.3, -0.25) is 14.3 Å². The normalized spacial score (nSPS) is 11.9. The second-order valence-corrected chi connectivity index (χ2v) is 5.44. The van der Waals surface area contributed by atoms with E-state index in [1.54, 1.807) is 14.0 Å². The van der Waals surface area contributed by atoms with Crippen molar-refractivity contribution in [3.63, 3.8) is 0 Å². The Bertz CT molecular complexity index is 682. The number of hydrogen-bond donors (Lipinski definition) is 2. The second kappa shape index (κ2) is 7.53. The van der Waals surface area contributed by atoms with Crippen molar-refractivity contribution < 1.29 is 14.7 Å². The highest BCUT2D eigenvalue weighted by atomic mass is 16.4. The Kier molecular flexibility index (Phi) is 5.46. The molecule has 0 saturated carbocycles. The van der Waals surface area contributed by atoms with Gasteiger partial charge in [0.1, 0.15) is 0 Å². The van der Waals surface area contributed by atoms with Crippen LogP contribution in [0, 0.1) is 6.92 Å². The molecule has 2 N–H and O–H groups in total. The number of carbonyl (C=O) groups is 2. The van der Waals surface area contributed by atoms with Crippen molar-refractivity contribution in [2.75, 3.05) is 0 Å². The van der Waals surface area contributed by atoms with Crippen LogP contribution in [-0.4, -0.2) is 38.0 Å². The molecule has 1 aromatic carbocycles. The fourth-order valence-electron chi connectivity index (χ4n) is 2.29. The first-order valence-electron chi connectivity index (χ1n) is 7.40. The van der Waals surface area contributed by atoms with Gasteiger partial charge in [0.15, 0.2) is 5.69 Å². The second-order valence-electron chi connectivity index (χ2n) is 5.44. The van der Waals surface area contributed by atoms with E-state index in [-0.39, 0.29) is 24.1 Å². The number of carboxylic acids is 1. The molecule has 2 rings (SSSR count). The topological polar surface area (TPSA) is 97.1 Å². The highest BCUT2D eigenvalue weighted by Crippen LogP contribution is 2.10. The summed E-state index contributed by atoms with van der Waals surface area (Å²) >= 11 is 0. The maximum atomic E-state index is 12.3. The van der Waals surface area contributed by atoms with Crippen LogP contribution in [0.4, 0.5) is 0 Å². The largest absolute Gasteiger partial charge is 0.481 e. The van der Waals surface area contributed by atoms with E-state index < -0.39 is 5.97 Å². The molecule has 122 valence electrons. The molecule has 0 aliphatic heterocycles. The lowest BCUT2D eigenvalue weighted by Gasteiger charge is -2.17. The maximum absolute atomic E-state index is 12.3. The van der Waals surface area contributed by atoms with Crippen molar-refractivity contribution in [3.05, 3.63) is 47.3 Å². The fourth-order valence-corrected chi connectivity index (χ4v) is 2.29. The summed E-state index contributed by atoms with van der Waals surface area (Å²) in [6.07, 6.45) is 0.922.